The maximum Gasteiger partial charge on any atom is 0.319 e. The number of carbonyl (C=O) groups excluding carboxylic acids is 2. The molecule has 1 aliphatic rings. The molecule has 0 spiro atoms. The van der Waals surface area contributed by atoms with Crippen LogP contribution in [0.5, 0.6) is 0 Å². The van der Waals surface area contributed by atoms with E-state index in [1.165, 1.54) is 4.90 Å². The molecule has 1 aromatic carbocycles. The zero-order valence-electron chi connectivity index (χ0n) is 13.3. The molecule has 1 aliphatic heterocycles. The van der Waals surface area contributed by atoms with Gasteiger partial charge < -0.3 is 15.5 Å². The molecule has 1 unspecified atom stereocenters. The maximum atomic E-state index is 12.3. The largest absolute Gasteiger partial charge is 0.339 e. The summed E-state index contributed by atoms with van der Waals surface area (Å²) in [6.45, 7) is 1.86. The van der Waals surface area contributed by atoms with Crippen molar-refractivity contribution in [3.05, 3.63) is 29.8 Å². The molecule has 1 atom stereocenters. The Bertz CT molecular complexity index is 769. The van der Waals surface area contributed by atoms with Crippen LogP contribution in [0.25, 0.3) is 0 Å². The Hall–Kier alpha value is -2.53. The molecule has 128 valence electrons. The molecule has 0 radical (unpaired) electrons. The number of urea groups is 1. The van der Waals surface area contributed by atoms with Gasteiger partial charge in [-0.3, -0.25) is 4.79 Å². The minimum atomic E-state index is -3.05. The number of carbonyl (C=O) groups is 2. The molecule has 8 heteroatoms. The second-order valence-electron chi connectivity index (χ2n) is 5.52. The number of rotatable bonds is 3. The van der Waals surface area contributed by atoms with Crippen LogP contribution in [-0.2, 0) is 14.6 Å². The first-order chi connectivity index (χ1) is 11.3. The van der Waals surface area contributed by atoms with E-state index in [1.807, 2.05) is 0 Å². The summed E-state index contributed by atoms with van der Waals surface area (Å²) in [7, 11) is -3.05. The van der Waals surface area contributed by atoms with Crippen molar-refractivity contribution >= 4 is 27.5 Å². The van der Waals surface area contributed by atoms with Gasteiger partial charge >= 0.3 is 6.03 Å². The standard InChI is InChI=1S/C16H19N3O4S/c1-3-13-5-4-6-14(11-13)18-16(21)17-12(2)15(20)19-7-9-24(22,23)10-8-19/h1,4-6,11-12H,7-10H2,2H3,(H2,17,18,21). The fourth-order valence-corrected chi connectivity index (χ4v) is 3.52. The molecule has 0 bridgehead atoms. The van der Waals surface area contributed by atoms with Gasteiger partial charge in [0.2, 0.25) is 5.91 Å². The van der Waals surface area contributed by atoms with E-state index in [-0.39, 0.29) is 30.5 Å². The summed E-state index contributed by atoms with van der Waals surface area (Å²) in [5.41, 5.74) is 1.15. The van der Waals surface area contributed by atoms with Crippen molar-refractivity contribution in [1.82, 2.24) is 10.2 Å². The summed E-state index contributed by atoms with van der Waals surface area (Å²) in [6.07, 6.45) is 5.30. The quantitative estimate of drug-likeness (QED) is 0.774. The van der Waals surface area contributed by atoms with Crippen LogP contribution in [0, 0.1) is 12.3 Å². The zero-order chi connectivity index (χ0) is 17.7. The highest BCUT2D eigenvalue weighted by Gasteiger charge is 2.28. The summed E-state index contributed by atoms with van der Waals surface area (Å²) >= 11 is 0. The minimum Gasteiger partial charge on any atom is -0.339 e. The Balaban J connectivity index is 1.89. The first-order valence-electron chi connectivity index (χ1n) is 7.44. The molecule has 1 heterocycles. The van der Waals surface area contributed by atoms with Crippen LogP contribution in [0.15, 0.2) is 24.3 Å². The molecular formula is C16H19N3O4S. The second-order valence-corrected chi connectivity index (χ2v) is 7.83. The van der Waals surface area contributed by atoms with Crippen molar-refractivity contribution in [2.75, 3.05) is 29.9 Å². The van der Waals surface area contributed by atoms with Crippen LogP contribution in [0.3, 0.4) is 0 Å². The molecule has 1 saturated heterocycles. The monoisotopic (exact) mass is 349 g/mol. The maximum absolute atomic E-state index is 12.3. The number of terminal acetylenes is 1. The summed E-state index contributed by atoms with van der Waals surface area (Å²) in [6, 6.07) is 5.48. The number of amides is 3. The van der Waals surface area contributed by atoms with Gasteiger partial charge in [-0.1, -0.05) is 12.0 Å². The molecule has 0 aromatic heterocycles. The SMILES string of the molecule is C#Cc1cccc(NC(=O)NC(C)C(=O)N2CCS(=O)(=O)CC2)c1. The van der Waals surface area contributed by atoms with Crippen molar-refractivity contribution < 1.29 is 18.0 Å². The Labute approximate surface area is 141 Å². The van der Waals surface area contributed by atoms with E-state index in [4.69, 9.17) is 6.42 Å². The molecule has 1 fully saturated rings. The van der Waals surface area contributed by atoms with E-state index in [1.54, 1.807) is 31.2 Å². The lowest BCUT2D eigenvalue weighted by Gasteiger charge is -2.29. The number of nitrogens with zero attached hydrogens (tertiary/aromatic N) is 1. The molecular weight excluding hydrogens is 330 g/mol. The van der Waals surface area contributed by atoms with Crippen LogP contribution >= 0.6 is 0 Å². The van der Waals surface area contributed by atoms with Gasteiger partial charge in [0.1, 0.15) is 6.04 Å². The van der Waals surface area contributed by atoms with Gasteiger partial charge in [0.05, 0.1) is 11.5 Å². The summed E-state index contributed by atoms with van der Waals surface area (Å²) in [5.74, 6) is 2.07. The van der Waals surface area contributed by atoms with Crippen LogP contribution in [0.1, 0.15) is 12.5 Å². The first-order valence-corrected chi connectivity index (χ1v) is 9.26. The Morgan fingerprint density at radius 1 is 1.29 bits per heavy atom. The third-order valence-electron chi connectivity index (χ3n) is 3.66. The number of sulfone groups is 1. The van der Waals surface area contributed by atoms with Crippen molar-refractivity contribution in [2.24, 2.45) is 0 Å². The third-order valence-corrected chi connectivity index (χ3v) is 5.27. The fourth-order valence-electron chi connectivity index (χ4n) is 2.32. The van der Waals surface area contributed by atoms with Crippen LogP contribution in [0.2, 0.25) is 0 Å². The molecule has 0 aliphatic carbocycles. The number of anilines is 1. The van der Waals surface area contributed by atoms with E-state index < -0.39 is 21.9 Å². The lowest BCUT2D eigenvalue weighted by atomic mass is 10.2. The first kappa shape index (κ1) is 17.8. The van der Waals surface area contributed by atoms with E-state index in [9.17, 15) is 18.0 Å². The van der Waals surface area contributed by atoms with E-state index in [2.05, 4.69) is 16.6 Å². The van der Waals surface area contributed by atoms with Gasteiger partial charge in [-0.15, -0.1) is 6.42 Å². The van der Waals surface area contributed by atoms with Crippen molar-refractivity contribution in [3.8, 4) is 12.3 Å². The smallest absolute Gasteiger partial charge is 0.319 e. The molecule has 1 aromatic rings. The van der Waals surface area contributed by atoms with Gasteiger partial charge in [0, 0.05) is 24.3 Å². The Morgan fingerprint density at radius 2 is 1.96 bits per heavy atom. The third kappa shape index (κ3) is 4.73. The number of hydrogen-bond acceptors (Lipinski definition) is 4. The van der Waals surface area contributed by atoms with Gasteiger partial charge in [0.15, 0.2) is 9.84 Å². The Kier molecular flexibility index (Phi) is 5.46. The van der Waals surface area contributed by atoms with E-state index in [0.29, 0.717) is 11.3 Å². The summed E-state index contributed by atoms with van der Waals surface area (Å²) in [5, 5.41) is 5.15. The number of hydrogen-bond donors (Lipinski definition) is 2. The van der Waals surface area contributed by atoms with Crippen LogP contribution in [-0.4, -0.2) is 55.9 Å². The highest BCUT2D eigenvalue weighted by molar-refractivity contribution is 7.91. The molecule has 2 N–H and O–H groups in total. The topological polar surface area (TPSA) is 95.6 Å². The minimum absolute atomic E-state index is 0.0451. The van der Waals surface area contributed by atoms with Crippen molar-refractivity contribution in [3.63, 3.8) is 0 Å². The van der Waals surface area contributed by atoms with Gasteiger partial charge in [-0.25, -0.2) is 13.2 Å². The normalized spacial score (nSPS) is 17.4. The number of benzene rings is 1. The summed E-state index contributed by atoms with van der Waals surface area (Å²) in [4.78, 5) is 25.7. The van der Waals surface area contributed by atoms with Gasteiger partial charge in [0.25, 0.3) is 0 Å². The molecule has 2 rings (SSSR count). The predicted octanol–water partition coefficient (Wildman–Crippen LogP) is 0.435. The van der Waals surface area contributed by atoms with Crippen molar-refractivity contribution in [1.29, 1.82) is 0 Å². The Morgan fingerprint density at radius 3 is 2.58 bits per heavy atom. The van der Waals surface area contributed by atoms with Crippen LogP contribution < -0.4 is 10.6 Å². The zero-order valence-corrected chi connectivity index (χ0v) is 14.1. The fraction of sp³-hybridized carbons (Fsp3) is 0.375. The average Bonchev–Trinajstić information content (AvgIpc) is 2.54. The molecule has 7 nitrogen and oxygen atoms in total. The van der Waals surface area contributed by atoms with Gasteiger partial charge in [-0.05, 0) is 25.1 Å². The molecule has 24 heavy (non-hydrogen) atoms. The molecule has 3 amide bonds. The molecule has 0 saturated carbocycles. The average molecular weight is 349 g/mol. The highest BCUT2D eigenvalue weighted by atomic mass is 32.2. The highest BCUT2D eigenvalue weighted by Crippen LogP contribution is 2.10. The summed E-state index contributed by atoms with van der Waals surface area (Å²) < 4.78 is 22.8. The van der Waals surface area contributed by atoms with E-state index in [0.717, 1.165) is 0 Å². The lowest BCUT2D eigenvalue weighted by molar-refractivity contribution is -0.132. The van der Waals surface area contributed by atoms with Crippen LogP contribution in [0.4, 0.5) is 10.5 Å². The predicted molar refractivity (Wildman–Crippen MR) is 91.2 cm³/mol. The lowest BCUT2D eigenvalue weighted by Crippen LogP contribution is -2.52. The van der Waals surface area contributed by atoms with Crippen molar-refractivity contribution in [2.45, 2.75) is 13.0 Å². The number of nitrogens with one attached hydrogen (secondary N) is 2. The second kappa shape index (κ2) is 7.36. The van der Waals surface area contributed by atoms with Gasteiger partial charge in [-0.2, -0.15) is 0 Å². The van der Waals surface area contributed by atoms with E-state index >= 15 is 0 Å².